The first-order valence-electron chi connectivity index (χ1n) is 4.40. The molecule has 0 saturated carbocycles. The summed E-state index contributed by atoms with van der Waals surface area (Å²) >= 11 is -0.319. The Hall–Kier alpha value is -1.57. The summed E-state index contributed by atoms with van der Waals surface area (Å²) in [5.41, 5.74) is 0.103. The van der Waals surface area contributed by atoms with Gasteiger partial charge in [-0.1, -0.05) is 12.1 Å². The first-order chi connectivity index (χ1) is 8.02. The lowest BCUT2D eigenvalue weighted by atomic mass is 10.2. The largest absolute Gasteiger partial charge is 0.451 e. The highest BCUT2D eigenvalue weighted by atomic mass is 32.2. The van der Waals surface area contributed by atoms with Crippen molar-refractivity contribution < 1.29 is 17.1 Å². The van der Waals surface area contributed by atoms with Crippen LogP contribution in [-0.4, -0.2) is 9.97 Å². The predicted octanol–water partition coefficient (Wildman–Crippen LogP) is 3.59. The first-order valence-corrected chi connectivity index (χ1v) is 5.11. The van der Waals surface area contributed by atoms with E-state index in [-0.39, 0.29) is 23.7 Å². The molecule has 0 atom stereocenters. The number of benzene rings is 1. The maximum absolute atomic E-state index is 12.5. The minimum atomic E-state index is -4.67. The predicted molar refractivity (Wildman–Crippen MR) is 56.9 cm³/mol. The lowest BCUT2D eigenvalue weighted by Gasteiger charge is -2.09. The zero-order chi connectivity index (χ0) is 12.5. The van der Waals surface area contributed by atoms with Crippen LogP contribution < -0.4 is 4.72 Å². The molecule has 0 unspecified atom stereocenters. The molecule has 17 heavy (non-hydrogen) atoms. The van der Waals surface area contributed by atoms with E-state index in [0.29, 0.717) is 5.39 Å². The number of nitrogens with one attached hydrogen (secondary N) is 1. The Bertz CT molecular complexity index is 543. The second-order valence-electron chi connectivity index (χ2n) is 3.09. The monoisotopic (exact) mass is 263 g/mol. The second kappa shape index (κ2) is 4.36. The van der Waals surface area contributed by atoms with E-state index in [1.807, 2.05) is 0 Å². The molecule has 0 saturated heterocycles. The average molecular weight is 263 g/mol. The van der Waals surface area contributed by atoms with Gasteiger partial charge in [0, 0.05) is 5.39 Å². The van der Waals surface area contributed by atoms with E-state index < -0.39 is 12.0 Å². The van der Waals surface area contributed by atoms with Gasteiger partial charge in [-0.05, 0) is 12.1 Å². The summed E-state index contributed by atoms with van der Waals surface area (Å²) in [7, 11) is 0. The summed E-state index contributed by atoms with van der Waals surface area (Å²) in [6.45, 7) is 0. The van der Waals surface area contributed by atoms with E-state index in [0.717, 1.165) is 0 Å². The van der Waals surface area contributed by atoms with Crippen LogP contribution in [0.25, 0.3) is 10.9 Å². The number of aromatic nitrogens is 2. The van der Waals surface area contributed by atoms with Crippen molar-refractivity contribution >= 4 is 29.1 Å². The first kappa shape index (κ1) is 11.9. The fourth-order valence-electron chi connectivity index (χ4n) is 1.32. The molecule has 8 heteroatoms. The Kier molecular flexibility index (Phi) is 3.05. The standard InChI is InChI=1S/C9H5F4N3S/c10-9(11,12)8-14-6-4-2-1-3-5(6)7(15-8)16-17-13/h1-4H,(H,14,15,16). The van der Waals surface area contributed by atoms with Gasteiger partial charge in [-0.3, -0.25) is 4.72 Å². The molecule has 1 aromatic heterocycles. The molecule has 0 aliphatic heterocycles. The molecule has 0 radical (unpaired) electrons. The Labute approximate surface area is 97.7 Å². The van der Waals surface area contributed by atoms with Crippen molar-refractivity contribution in [1.82, 2.24) is 9.97 Å². The lowest BCUT2D eigenvalue weighted by molar-refractivity contribution is -0.144. The summed E-state index contributed by atoms with van der Waals surface area (Å²) in [5.74, 6) is -1.50. The fraction of sp³-hybridized carbons (Fsp3) is 0.111. The second-order valence-corrected chi connectivity index (χ2v) is 3.45. The smallest absolute Gasteiger partial charge is 0.286 e. The van der Waals surface area contributed by atoms with Crippen LogP contribution in [-0.2, 0) is 6.18 Å². The van der Waals surface area contributed by atoms with E-state index in [4.69, 9.17) is 0 Å². The van der Waals surface area contributed by atoms with Gasteiger partial charge >= 0.3 is 6.18 Å². The molecule has 0 spiro atoms. The lowest BCUT2D eigenvalue weighted by Crippen LogP contribution is -2.12. The van der Waals surface area contributed by atoms with Gasteiger partial charge in [0.15, 0.2) is 12.3 Å². The highest BCUT2D eigenvalue weighted by Gasteiger charge is 2.35. The SMILES string of the molecule is FSNc1nc(C(F)(F)F)nc2ccccc12. The number of rotatable bonds is 2. The normalized spacial score (nSPS) is 11.8. The number of para-hydroxylation sites is 1. The third kappa shape index (κ3) is 2.41. The Morgan fingerprint density at radius 2 is 1.82 bits per heavy atom. The number of fused-ring (bicyclic) bond motifs is 1. The highest BCUT2D eigenvalue weighted by Crippen LogP contribution is 2.30. The van der Waals surface area contributed by atoms with Gasteiger partial charge in [0.25, 0.3) is 0 Å². The van der Waals surface area contributed by atoms with E-state index in [2.05, 4.69) is 14.7 Å². The summed E-state index contributed by atoms with van der Waals surface area (Å²) < 4.78 is 51.6. The topological polar surface area (TPSA) is 37.8 Å². The molecule has 3 nitrogen and oxygen atoms in total. The summed E-state index contributed by atoms with van der Waals surface area (Å²) in [5, 5.41) is 0.325. The van der Waals surface area contributed by atoms with Crippen molar-refractivity contribution in [2.75, 3.05) is 4.72 Å². The molecule has 1 heterocycles. The van der Waals surface area contributed by atoms with Crippen LogP contribution in [0.15, 0.2) is 24.3 Å². The van der Waals surface area contributed by atoms with Crippen molar-refractivity contribution in [3.05, 3.63) is 30.1 Å². The van der Waals surface area contributed by atoms with Crippen LogP contribution in [0.3, 0.4) is 0 Å². The van der Waals surface area contributed by atoms with Gasteiger partial charge < -0.3 is 0 Å². The van der Waals surface area contributed by atoms with Gasteiger partial charge in [-0.25, -0.2) is 9.97 Å². The zero-order valence-electron chi connectivity index (χ0n) is 8.12. The van der Waals surface area contributed by atoms with Crippen molar-refractivity contribution in [3.63, 3.8) is 0 Å². The van der Waals surface area contributed by atoms with E-state index in [1.165, 1.54) is 12.1 Å². The molecule has 90 valence electrons. The molecule has 0 amide bonds. The van der Waals surface area contributed by atoms with Crippen molar-refractivity contribution in [2.24, 2.45) is 0 Å². The third-order valence-corrected chi connectivity index (χ3v) is 2.26. The third-order valence-electron chi connectivity index (χ3n) is 1.99. The zero-order valence-corrected chi connectivity index (χ0v) is 8.94. The van der Waals surface area contributed by atoms with E-state index in [1.54, 1.807) is 12.1 Å². The summed E-state index contributed by atoms with van der Waals surface area (Å²) in [6, 6.07) is 6.06. The molecule has 2 aromatic rings. The highest BCUT2D eigenvalue weighted by molar-refractivity contribution is 7.95. The van der Waals surface area contributed by atoms with E-state index >= 15 is 0 Å². The fourth-order valence-corrected chi connectivity index (χ4v) is 1.55. The van der Waals surface area contributed by atoms with Crippen LogP contribution in [0.2, 0.25) is 0 Å². The molecule has 0 bridgehead atoms. The average Bonchev–Trinajstić information content (AvgIpc) is 2.28. The molecule has 0 aliphatic rings. The number of nitrogens with zero attached hydrogens (tertiary/aromatic N) is 2. The van der Waals surface area contributed by atoms with Gasteiger partial charge in [0.1, 0.15) is 5.82 Å². The molecule has 2 rings (SSSR count). The Balaban J connectivity index is 2.67. The number of hydrogen-bond donors (Lipinski definition) is 1. The quantitative estimate of drug-likeness (QED) is 0.663. The molecular formula is C9H5F4N3S. The number of hydrogen-bond acceptors (Lipinski definition) is 4. The van der Waals surface area contributed by atoms with Crippen molar-refractivity contribution in [2.45, 2.75) is 6.18 Å². The number of alkyl halides is 3. The van der Waals surface area contributed by atoms with Gasteiger partial charge in [-0.15, -0.1) is 3.89 Å². The summed E-state index contributed by atoms with van der Waals surface area (Å²) in [6.07, 6.45) is -4.67. The summed E-state index contributed by atoms with van der Waals surface area (Å²) in [4.78, 5) is 6.64. The van der Waals surface area contributed by atoms with Gasteiger partial charge in [0.05, 0.1) is 5.52 Å². The van der Waals surface area contributed by atoms with Crippen molar-refractivity contribution in [3.8, 4) is 0 Å². The number of halogens is 4. The van der Waals surface area contributed by atoms with Gasteiger partial charge in [-0.2, -0.15) is 13.2 Å². The van der Waals surface area contributed by atoms with Crippen LogP contribution >= 0.6 is 12.3 Å². The molecule has 0 aliphatic carbocycles. The Morgan fingerprint density at radius 3 is 2.47 bits per heavy atom. The molecule has 1 aromatic carbocycles. The molecule has 0 fully saturated rings. The van der Waals surface area contributed by atoms with Crippen LogP contribution in [0, 0.1) is 0 Å². The molecular weight excluding hydrogens is 258 g/mol. The van der Waals surface area contributed by atoms with Crippen LogP contribution in [0.4, 0.5) is 22.9 Å². The van der Waals surface area contributed by atoms with Crippen LogP contribution in [0.1, 0.15) is 5.82 Å². The van der Waals surface area contributed by atoms with E-state index in [9.17, 15) is 17.1 Å². The maximum Gasteiger partial charge on any atom is 0.451 e. The minimum absolute atomic E-state index is 0.103. The molecule has 1 N–H and O–H groups in total. The minimum Gasteiger partial charge on any atom is -0.286 e. The van der Waals surface area contributed by atoms with Gasteiger partial charge in [0.2, 0.25) is 5.82 Å². The van der Waals surface area contributed by atoms with Crippen LogP contribution in [0.5, 0.6) is 0 Å². The maximum atomic E-state index is 12.5. The Morgan fingerprint density at radius 1 is 1.12 bits per heavy atom. The van der Waals surface area contributed by atoms with Crippen molar-refractivity contribution in [1.29, 1.82) is 0 Å². The number of anilines is 1.